The first-order valence-electron chi connectivity index (χ1n) is 5.79. The van der Waals surface area contributed by atoms with Crippen molar-refractivity contribution in [2.24, 2.45) is 4.99 Å². The van der Waals surface area contributed by atoms with Crippen molar-refractivity contribution in [2.75, 3.05) is 26.6 Å². The van der Waals surface area contributed by atoms with Gasteiger partial charge in [-0.2, -0.15) is 5.26 Å². The number of rotatable bonds is 6. The molecule has 0 aliphatic heterocycles. The molecule has 1 rings (SSSR count). The van der Waals surface area contributed by atoms with Crippen LogP contribution >= 0.6 is 11.8 Å². The van der Waals surface area contributed by atoms with Crippen molar-refractivity contribution >= 4 is 22.6 Å². The summed E-state index contributed by atoms with van der Waals surface area (Å²) >= 11 is 1.38. The number of methoxy groups -OCH3 is 1. The Morgan fingerprint density at radius 3 is 2.68 bits per heavy atom. The number of thioether (sulfide) groups is 1. The van der Waals surface area contributed by atoms with Crippen LogP contribution in [0, 0.1) is 11.5 Å². The number of amidine groups is 1. The van der Waals surface area contributed by atoms with Crippen molar-refractivity contribution in [1.82, 2.24) is 5.32 Å². The molecule has 0 amide bonds. The van der Waals surface area contributed by atoms with E-state index < -0.39 is 0 Å². The molecule has 0 radical (unpaired) electrons. The SMILES string of the molecule is COCCCOc1ccc(N=C(NC#N)SC)cc1. The quantitative estimate of drug-likeness (QED) is 0.285. The van der Waals surface area contributed by atoms with Crippen molar-refractivity contribution in [2.45, 2.75) is 6.42 Å². The zero-order chi connectivity index (χ0) is 13.9. The Morgan fingerprint density at radius 1 is 1.37 bits per heavy atom. The number of nitrogens with zero attached hydrogens (tertiary/aromatic N) is 2. The molecule has 0 saturated heterocycles. The number of benzene rings is 1. The summed E-state index contributed by atoms with van der Waals surface area (Å²) in [7, 11) is 1.67. The predicted molar refractivity (Wildman–Crippen MR) is 77.8 cm³/mol. The standard InChI is InChI=1S/C13H17N3O2S/c1-17-8-3-9-18-12-6-4-11(5-7-12)16-13(19-2)15-10-14/h4-7H,3,8-9H2,1-2H3,(H,15,16). The maximum atomic E-state index is 8.55. The van der Waals surface area contributed by atoms with Crippen LogP contribution in [0.3, 0.4) is 0 Å². The van der Waals surface area contributed by atoms with E-state index in [9.17, 15) is 0 Å². The number of hydrogen-bond acceptors (Lipinski definition) is 5. The lowest BCUT2D eigenvalue weighted by Crippen LogP contribution is -2.12. The molecule has 102 valence electrons. The minimum absolute atomic E-state index is 0.566. The van der Waals surface area contributed by atoms with Crippen LogP contribution in [-0.2, 0) is 4.74 Å². The third-order valence-corrected chi connectivity index (χ3v) is 2.77. The molecule has 1 aromatic carbocycles. The van der Waals surface area contributed by atoms with Gasteiger partial charge in [0.1, 0.15) is 5.75 Å². The molecular formula is C13H17N3O2S. The molecule has 0 atom stereocenters. The van der Waals surface area contributed by atoms with E-state index in [1.54, 1.807) is 7.11 Å². The van der Waals surface area contributed by atoms with E-state index in [1.165, 1.54) is 11.8 Å². The lowest BCUT2D eigenvalue weighted by atomic mass is 10.3. The van der Waals surface area contributed by atoms with Crippen molar-refractivity contribution in [1.29, 1.82) is 5.26 Å². The van der Waals surface area contributed by atoms with Gasteiger partial charge in [-0.1, -0.05) is 11.8 Å². The lowest BCUT2D eigenvalue weighted by Gasteiger charge is -2.06. The van der Waals surface area contributed by atoms with Crippen LogP contribution in [0.25, 0.3) is 0 Å². The Balaban J connectivity index is 2.54. The first kappa shape index (κ1) is 15.3. The summed E-state index contributed by atoms with van der Waals surface area (Å²) in [5.41, 5.74) is 0.774. The normalized spacial score (nSPS) is 10.9. The molecule has 0 saturated carbocycles. The van der Waals surface area contributed by atoms with Gasteiger partial charge in [-0.05, 0) is 30.5 Å². The van der Waals surface area contributed by atoms with Gasteiger partial charge in [0.2, 0.25) is 0 Å². The van der Waals surface area contributed by atoms with Gasteiger partial charge in [-0.3, -0.25) is 5.32 Å². The largest absolute Gasteiger partial charge is 0.494 e. The van der Waals surface area contributed by atoms with Crippen LogP contribution in [0.1, 0.15) is 6.42 Å². The van der Waals surface area contributed by atoms with Crippen LogP contribution in [0.2, 0.25) is 0 Å². The lowest BCUT2D eigenvalue weighted by molar-refractivity contribution is 0.172. The highest BCUT2D eigenvalue weighted by molar-refractivity contribution is 8.13. The van der Waals surface area contributed by atoms with Crippen LogP contribution in [0.4, 0.5) is 5.69 Å². The van der Waals surface area contributed by atoms with E-state index >= 15 is 0 Å². The third kappa shape index (κ3) is 6.13. The van der Waals surface area contributed by atoms with E-state index in [2.05, 4.69) is 10.3 Å². The number of nitriles is 1. The molecule has 1 aromatic rings. The topological polar surface area (TPSA) is 66.6 Å². The van der Waals surface area contributed by atoms with Gasteiger partial charge < -0.3 is 9.47 Å². The van der Waals surface area contributed by atoms with Crippen LogP contribution < -0.4 is 10.1 Å². The fourth-order valence-corrected chi connectivity index (χ4v) is 1.64. The van der Waals surface area contributed by atoms with E-state index in [1.807, 2.05) is 36.7 Å². The minimum Gasteiger partial charge on any atom is -0.494 e. The summed E-state index contributed by atoms with van der Waals surface area (Å²) in [6.45, 7) is 1.32. The van der Waals surface area contributed by atoms with E-state index in [-0.39, 0.29) is 0 Å². The number of hydrogen-bond donors (Lipinski definition) is 1. The molecule has 0 fully saturated rings. The van der Waals surface area contributed by atoms with Gasteiger partial charge in [-0.25, -0.2) is 4.99 Å². The molecule has 0 heterocycles. The summed E-state index contributed by atoms with van der Waals surface area (Å²) in [6, 6.07) is 7.41. The molecule has 0 aromatic heterocycles. The first-order chi connectivity index (χ1) is 9.30. The van der Waals surface area contributed by atoms with E-state index in [4.69, 9.17) is 14.7 Å². The number of aliphatic imine (C=N–C) groups is 1. The molecule has 5 nitrogen and oxygen atoms in total. The Kier molecular flexibility index (Phi) is 7.47. The van der Waals surface area contributed by atoms with E-state index in [0.717, 1.165) is 17.9 Å². The van der Waals surface area contributed by atoms with Gasteiger partial charge in [0.05, 0.1) is 12.3 Å². The molecule has 0 spiro atoms. The molecule has 0 bridgehead atoms. The monoisotopic (exact) mass is 279 g/mol. The molecule has 0 unspecified atom stereocenters. The molecule has 1 N–H and O–H groups in total. The van der Waals surface area contributed by atoms with Crippen molar-refractivity contribution in [3.05, 3.63) is 24.3 Å². The number of nitrogens with one attached hydrogen (secondary N) is 1. The summed E-state index contributed by atoms with van der Waals surface area (Å²) in [5, 5.41) is 11.6. The first-order valence-corrected chi connectivity index (χ1v) is 7.02. The zero-order valence-electron chi connectivity index (χ0n) is 11.0. The van der Waals surface area contributed by atoms with Crippen molar-refractivity contribution < 1.29 is 9.47 Å². The maximum absolute atomic E-state index is 8.55. The van der Waals surface area contributed by atoms with Crippen LogP contribution in [0.5, 0.6) is 5.75 Å². The molecule has 6 heteroatoms. The second kappa shape index (κ2) is 9.25. The molecular weight excluding hydrogens is 262 g/mol. The zero-order valence-corrected chi connectivity index (χ0v) is 11.9. The summed E-state index contributed by atoms with van der Waals surface area (Å²) < 4.78 is 10.5. The van der Waals surface area contributed by atoms with Crippen LogP contribution in [0.15, 0.2) is 29.3 Å². The third-order valence-electron chi connectivity index (χ3n) is 2.19. The highest BCUT2D eigenvalue weighted by Crippen LogP contribution is 2.19. The van der Waals surface area contributed by atoms with Gasteiger partial charge in [0, 0.05) is 20.1 Å². The fraction of sp³-hybridized carbons (Fsp3) is 0.385. The fourth-order valence-electron chi connectivity index (χ4n) is 1.30. The maximum Gasteiger partial charge on any atom is 0.183 e. The predicted octanol–water partition coefficient (Wildman–Crippen LogP) is 2.52. The summed E-state index contributed by atoms with van der Waals surface area (Å²) in [5.74, 6) is 0.800. The minimum atomic E-state index is 0.566. The smallest absolute Gasteiger partial charge is 0.183 e. The Morgan fingerprint density at radius 2 is 2.11 bits per heavy atom. The van der Waals surface area contributed by atoms with Gasteiger partial charge in [0.25, 0.3) is 0 Å². The van der Waals surface area contributed by atoms with Gasteiger partial charge >= 0.3 is 0 Å². The second-order valence-electron chi connectivity index (χ2n) is 3.55. The second-order valence-corrected chi connectivity index (χ2v) is 4.34. The summed E-state index contributed by atoms with van der Waals surface area (Å²) in [4.78, 5) is 4.29. The Bertz CT molecular complexity index is 440. The highest BCUT2D eigenvalue weighted by atomic mass is 32.2. The summed E-state index contributed by atoms with van der Waals surface area (Å²) in [6.07, 6.45) is 4.57. The molecule has 0 aliphatic carbocycles. The van der Waals surface area contributed by atoms with Crippen molar-refractivity contribution in [3.63, 3.8) is 0 Å². The average molecular weight is 279 g/mol. The molecule has 19 heavy (non-hydrogen) atoms. The average Bonchev–Trinajstić information content (AvgIpc) is 2.45. The van der Waals surface area contributed by atoms with E-state index in [0.29, 0.717) is 18.4 Å². The van der Waals surface area contributed by atoms with Gasteiger partial charge in [0.15, 0.2) is 11.4 Å². The highest BCUT2D eigenvalue weighted by Gasteiger charge is 1.98. The van der Waals surface area contributed by atoms with Crippen LogP contribution in [-0.4, -0.2) is 31.7 Å². The van der Waals surface area contributed by atoms with Gasteiger partial charge in [-0.15, -0.1) is 0 Å². The Labute approximate surface area is 117 Å². The number of ether oxygens (including phenoxy) is 2. The van der Waals surface area contributed by atoms with Crippen molar-refractivity contribution in [3.8, 4) is 11.9 Å². The molecule has 0 aliphatic rings. The Hall–Kier alpha value is -1.71.